The maximum atomic E-state index is 10.9. The molecule has 1 N–H and O–H groups in total. The van der Waals surface area contributed by atoms with Gasteiger partial charge in [-0.3, -0.25) is 10.1 Å². The van der Waals surface area contributed by atoms with Crippen molar-refractivity contribution in [3.63, 3.8) is 0 Å². The van der Waals surface area contributed by atoms with Gasteiger partial charge in [0.25, 0.3) is 5.69 Å². The van der Waals surface area contributed by atoms with Crippen LogP contribution in [0.5, 0.6) is 0 Å². The van der Waals surface area contributed by atoms with Gasteiger partial charge < -0.3 is 4.72 Å². The number of halogens is 2. The Kier molecular flexibility index (Phi) is 4.01. The molecule has 2 rings (SSSR count). The van der Waals surface area contributed by atoms with Gasteiger partial charge in [0.05, 0.1) is 9.95 Å². The third-order valence-corrected chi connectivity index (χ3v) is 4.25. The first-order chi connectivity index (χ1) is 8.08. The van der Waals surface area contributed by atoms with Crippen LogP contribution in [0.1, 0.15) is 19.3 Å². The minimum absolute atomic E-state index is 0.0886. The van der Waals surface area contributed by atoms with Gasteiger partial charge in [0.1, 0.15) is 5.69 Å². The summed E-state index contributed by atoms with van der Waals surface area (Å²) in [6.45, 7) is 0. The predicted molar refractivity (Wildman–Crippen MR) is 72.0 cm³/mol. The number of nitrogens with one attached hydrogen (secondary N) is 1. The summed E-state index contributed by atoms with van der Waals surface area (Å²) in [5.41, 5.74) is 0.243. The molecule has 0 heterocycles. The zero-order chi connectivity index (χ0) is 12.4. The molecule has 1 aromatic carbocycles. The van der Waals surface area contributed by atoms with Crippen LogP contribution in [0.4, 0.5) is 11.4 Å². The molecule has 0 radical (unpaired) electrons. The molecule has 1 fully saturated rings. The van der Waals surface area contributed by atoms with E-state index >= 15 is 0 Å². The van der Waals surface area contributed by atoms with Crippen LogP contribution in [0.3, 0.4) is 0 Å². The van der Waals surface area contributed by atoms with Crippen molar-refractivity contribution in [3.8, 4) is 0 Å². The summed E-state index contributed by atoms with van der Waals surface area (Å²) in [4.78, 5) is 10.4. The monoisotopic (exact) mass is 292 g/mol. The SMILES string of the molecule is O=[N+]([O-])c1cc(Cl)cc(Cl)c1NSC1CCC1. The molecule has 0 saturated heterocycles. The molecule has 0 aromatic heterocycles. The Labute approximate surface area is 113 Å². The Morgan fingerprint density at radius 2 is 2.12 bits per heavy atom. The number of rotatable bonds is 4. The topological polar surface area (TPSA) is 55.2 Å². The molecule has 0 spiro atoms. The Bertz CT molecular complexity index is 452. The van der Waals surface area contributed by atoms with E-state index in [2.05, 4.69) is 4.72 Å². The summed E-state index contributed by atoms with van der Waals surface area (Å²) >= 11 is 13.2. The second kappa shape index (κ2) is 5.33. The van der Waals surface area contributed by atoms with Crippen LogP contribution < -0.4 is 4.72 Å². The highest BCUT2D eigenvalue weighted by Crippen LogP contribution is 2.39. The molecular weight excluding hydrogens is 283 g/mol. The summed E-state index contributed by atoms with van der Waals surface area (Å²) < 4.78 is 2.98. The normalized spacial score (nSPS) is 15.4. The van der Waals surface area contributed by atoms with Crippen LogP contribution in [-0.4, -0.2) is 10.2 Å². The van der Waals surface area contributed by atoms with E-state index < -0.39 is 4.92 Å². The van der Waals surface area contributed by atoms with Crippen molar-refractivity contribution in [2.45, 2.75) is 24.5 Å². The first kappa shape index (κ1) is 12.8. The van der Waals surface area contributed by atoms with E-state index in [1.54, 1.807) is 0 Å². The summed E-state index contributed by atoms with van der Waals surface area (Å²) in [7, 11) is 0. The highest BCUT2D eigenvalue weighted by Gasteiger charge is 2.22. The fraction of sp³-hybridized carbons (Fsp3) is 0.400. The molecule has 4 nitrogen and oxygen atoms in total. The van der Waals surface area contributed by atoms with E-state index in [-0.39, 0.29) is 15.7 Å². The van der Waals surface area contributed by atoms with Gasteiger partial charge in [-0.2, -0.15) is 0 Å². The summed E-state index contributed by atoms with van der Waals surface area (Å²) in [5, 5.41) is 11.9. The molecule has 1 aromatic rings. The maximum absolute atomic E-state index is 10.9. The second-order valence-electron chi connectivity index (χ2n) is 3.81. The minimum atomic E-state index is -0.485. The Balaban J connectivity index is 2.20. The van der Waals surface area contributed by atoms with Crippen LogP contribution in [0, 0.1) is 10.1 Å². The zero-order valence-electron chi connectivity index (χ0n) is 8.78. The predicted octanol–water partition coefficient (Wildman–Crippen LogP) is 4.51. The molecule has 0 amide bonds. The van der Waals surface area contributed by atoms with E-state index in [0.29, 0.717) is 10.9 Å². The summed E-state index contributed by atoms with van der Waals surface area (Å²) in [6.07, 6.45) is 3.49. The van der Waals surface area contributed by atoms with Crippen molar-refractivity contribution in [2.75, 3.05) is 4.72 Å². The molecule has 1 aliphatic rings. The van der Waals surface area contributed by atoms with Crippen molar-refractivity contribution in [3.05, 3.63) is 32.3 Å². The molecule has 92 valence electrons. The number of nitro benzene ring substituents is 1. The molecule has 0 unspecified atom stereocenters. The number of benzene rings is 1. The molecule has 0 bridgehead atoms. The third kappa shape index (κ3) is 2.97. The highest BCUT2D eigenvalue weighted by molar-refractivity contribution is 8.01. The Morgan fingerprint density at radius 1 is 1.41 bits per heavy atom. The first-order valence-electron chi connectivity index (χ1n) is 5.13. The summed E-state index contributed by atoms with van der Waals surface area (Å²) in [5.74, 6) is 0. The van der Waals surface area contributed by atoms with E-state index in [0.717, 1.165) is 12.8 Å². The lowest BCUT2D eigenvalue weighted by Crippen LogP contribution is -2.15. The maximum Gasteiger partial charge on any atom is 0.296 e. The largest absolute Gasteiger partial charge is 0.323 e. The average molecular weight is 293 g/mol. The van der Waals surface area contributed by atoms with Crippen molar-refractivity contribution < 1.29 is 4.92 Å². The number of nitro groups is 1. The fourth-order valence-corrected chi connectivity index (χ4v) is 3.09. The Hall–Kier alpha value is -0.650. The molecule has 0 atom stereocenters. The fourth-order valence-electron chi connectivity index (χ4n) is 1.44. The first-order valence-corrected chi connectivity index (χ1v) is 6.76. The minimum Gasteiger partial charge on any atom is -0.323 e. The van der Waals surface area contributed by atoms with Gasteiger partial charge in [0.2, 0.25) is 0 Å². The van der Waals surface area contributed by atoms with Gasteiger partial charge in [0.15, 0.2) is 0 Å². The van der Waals surface area contributed by atoms with E-state index in [4.69, 9.17) is 23.2 Å². The van der Waals surface area contributed by atoms with Crippen LogP contribution >= 0.6 is 35.1 Å². The molecule has 1 aliphatic carbocycles. The van der Waals surface area contributed by atoms with E-state index in [1.165, 1.54) is 30.5 Å². The van der Waals surface area contributed by atoms with Crippen LogP contribution in [0.15, 0.2) is 12.1 Å². The van der Waals surface area contributed by atoms with Gasteiger partial charge >= 0.3 is 0 Å². The second-order valence-corrected chi connectivity index (χ2v) is 5.76. The van der Waals surface area contributed by atoms with E-state index in [9.17, 15) is 10.1 Å². The van der Waals surface area contributed by atoms with Crippen molar-refractivity contribution in [1.29, 1.82) is 0 Å². The van der Waals surface area contributed by atoms with Crippen molar-refractivity contribution >= 4 is 46.5 Å². The lowest BCUT2D eigenvalue weighted by molar-refractivity contribution is -0.383. The molecule has 17 heavy (non-hydrogen) atoms. The standard InChI is InChI=1S/C10H10Cl2N2O2S/c11-6-4-8(12)10(9(5-6)14(15)16)13-17-7-2-1-3-7/h4-5,7,13H,1-3H2. The molecule has 7 heteroatoms. The van der Waals surface area contributed by atoms with Crippen molar-refractivity contribution in [2.24, 2.45) is 0 Å². The van der Waals surface area contributed by atoms with Gasteiger partial charge in [-0.25, -0.2) is 0 Å². The number of hydrogen-bond acceptors (Lipinski definition) is 4. The van der Waals surface area contributed by atoms with Gasteiger partial charge in [0, 0.05) is 16.3 Å². The molecule has 0 aliphatic heterocycles. The quantitative estimate of drug-likeness (QED) is 0.504. The average Bonchev–Trinajstić information content (AvgIpc) is 2.17. The highest BCUT2D eigenvalue weighted by atomic mass is 35.5. The van der Waals surface area contributed by atoms with E-state index in [1.807, 2.05) is 0 Å². The smallest absolute Gasteiger partial charge is 0.296 e. The molecule has 1 saturated carbocycles. The lowest BCUT2D eigenvalue weighted by atomic mass is 10.0. The van der Waals surface area contributed by atoms with Gasteiger partial charge in [-0.1, -0.05) is 29.6 Å². The zero-order valence-corrected chi connectivity index (χ0v) is 11.1. The van der Waals surface area contributed by atoms with Crippen molar-refractivity contribution in [1.82, 2.24) is 0 Å². The van der Waals surface area contributed by atoms with Crippen LogP contribution in [0.25, 0.3) is 0 Å². The number of anilines is 1. The van der Waals surface area contributed by atoms with Gasteiger partial charge in [-0.05, 0) is 30.9 Å². The van der Waals surface area contributed by atoms with Gasteiger partial charge in [-0.15, -0.1) is 0 Å². The Morgan fingerprint density at radius 3 is 2.65 bits per heavy atom. The lowest BCUT2D eigenvalue weighted by Gasteiger charge is -2.24. The number of hydrogen-bond donors (Lipinski definition) is 1. The van der Waals surface area contributed by atoms with Crippen LogP contribution in [-0.2, 0) is 0 Å². The third-order valence-electron chi connectivity index (χ3n) is 2.61. The number of nitrogens with zero attached hydrogens (tertiary/aromatic N) is 1. The molecular formula is C10H10Cl2N2O2S. The van der Waals surface area contributed by atoms with Crippen LogP contribution in [0.2, 0.25) is 10.0 Å². The summed E-state index contributed by atoms with van der Waals surface area (Å²) in [6, 6.07) is 2.80.